The highest BCUT2D eigenvalue weighted by Gasteiger charge is 2.47. The zero-order chi connectivity index (χ0) is 23.3. The van der Waals surface area contributed by atoms with Crippen LogP contribution in [0.15, 0.2) is 59.6 Å². The van der Waals surface area contributed by atoms with Crippen LogP contribution in [0.2, 0.25) is 0 Å². The van der Waals surface area contributed by atoms with Crippen LogP contribution >= 0.6 is 12.2 Å². The van der Waals surface area contributed by atoms with Gasteiger partial charge >= 0.3 is 11.5 Å². The second kappa shape index (κ2) is 7.82. The van der Waals surface area contributed by atoms with Crippen LogP contribution in [0.25, 0.3) is 10.9 Å². The Morgan fingerprint density at radius 2 is 1.75 bits per heavy atom. The fraction of sp³-hybridized carbons (Fsp3) is 0.190. The van der Waals surface area contributed by atoms with E-state index in [0.29, 0.717) is 0 Å². The predicted molar refractivity (Wildman–Crippen MR) is 117 cm³/mol. The second-order valence-electron chi connectivity index (χ2n) is 7.24. The zero-order valence-electron chi connectivity index (χ0n) is 16.6. The van der Waals surface area contributed by atoms with Crippen LogP contribution in [0.5, 0.6) is 0 Å². The molecule has 11 heteroatoms. The van der Waals surface area contributed by atoms with Crippen molar-refractivity contribution >= 4 is 49.7 Å². The van der Waals surface area contributed by atoms with Gasteiger partial charge in [0.1, 0.15) is 4.99 Å². The molecule has 0 aliphatic carbocycles. The van der Waals surface area contributed by atoms with Crippen molar-refractivity contribution in [2.45, 2.75) is 23.9 Å². The number of pyridine rings is 1. The molecular weight excluding hydrogens is 463 g/mol. The van der Waals surface area contributed by atoms with Crippen LogP contribution in [0.4, 0.5) is 23.7 Å². The number of amides is 2. The van der Waals surface area contributed by atoms with E-state index in [1.165, 1.54) is 9.80 Å². The number of carbonyl (C=O) groups is 1. The summed E-state index contributed by atoms with van der Waals surface area (Å²) in [7, 11) is -5.47. The molecule has 2 amide bonds. The molecule has 1 aliphatic rings. The van der Waals surface area contributed by atoms with Crippen molar-refractivity contribution < 1.29 is 26.4 Å². The number of rotatable bonds is 4. The Kier molecular flexibility index (Phi) is 5.41. The molecular formula is C21H16F3N3O3S2. The summed E-state index contributed by atoms with van der Waals surface area (Å²) in [6.07, 6.45) is 1.70. The molecule has 6 nitrogen and oxygen atoms in total. The number of halogens is 3. The predicted octanol–water partition coefficient (Wildman–Crippen LogP) is 4.61. The van der Waals surface area contributed by atoms with Crippen molar-refractivity contribution in [1.29, 1.82) is 0 Å². The Morgan fingerprint density at radius 1 is 1.09 bits per heavy atom. The van der Waals surface area contributed by atoms with Crippen molar-refractivity contribution in [2.24, 2.45) is 0 Å². The number of thiocarbonyl (C=S) groups is 1. The molecule has 0 N–H and O–H groups in total. The Balaban J connectivity index is 1.58. The third-order valence-electron chi connectivity index (χ3n) is 5.26. The number of para-hydroxylation sites is 1. The minimum absolute atomic E-state index is 0.142. The summed E-state index contributed by atoms with van der Waals surface area (Å²) < 4.78 is 61.3. The summed E-state index contributed by atoms with van der Waals surface area (Å²) in [6.45, 7) is 2.33. The van der Waals surface area contributed by atoms with Gasteiger partial charge in [0, 0.05) is 18.1 Å². The van der Waals surface area contributed by atoms with Gasteiger partial charge in [0.05, 0.1) is 22.6 Å². The lowest BCUT2D eigenvalue weighted by molar-refractivity contribution is -0.0436. The van der Waals surface area contributed by atoms with E-state index in [2.05, 4.69) is 4.98 Å². The second-order valence-corrected chi connectivity index (χ2v) is 9.65. The van der Waals surface area contributed by atoms with Crippen LogP contribution < -0.4 is 4.90 Å². The highest BCUT2D eigenvalue weighted by Crippen LogP contribution is 2.32. The van der Waals surface area contributed by atoms with Crippen LogP contribution in [0.1, 0.15) is 11.1 Å². The molecule has 2 heterocycles. The normalized spacial score (nSPS) is 15.1. The van der Waals surface area contributed by atoms with Crippen LogP contribution in [0.3, 0.4) is 0 Å². The number of sulfone groups is 1. The molecule has 1 fully saturated rings. The van der Waals surface area contributed by atoms with Crippen LogP contribution in [-0.4, -0.2) is 41.4 Å². The van der Waals surface area contributed by atoms with Gasteiger partial charge in [-0.1, -0.05) is 30.4 Å². The Hall–Kier alpha value is -3.05. The quantitative estimate of drug-likeness (QED) is 0.512. The maximum atomic E-state index is 13.0. The maximum Gasteiger partial charge on any atom is 0.501 e. The van der Waals surface area contributed by atoms with Crippen LogP contribution in [-0.2, 0) is 16.4 Å². The first kappa shape index (κ1) is 22.2. The number of benzene rings is 2. The summed E-state index contributed by atoms with van der Waals surface area (Å²) in [4.78, 5) is 19.4. The summed E-state index contributed by atoms with van der Waals surface area (Å²) in [5, 5.41) is 0.970. The van der Waals surface area contributed by atoms with E-state index >= 15 is 0 Å². The molecule has 2 aromatic carbocycles. The van der Waals surface area contributed by atoms with Crippen molar-refractivity contribution in [3.05, 3.63) is 65.9 Å². The third-order valence-corrected chi connectivity index (χ3v) is 7.07. The van der Waals surface area contributed by atoms with E-state index < -0.39 is 26.3 Å². The van der Waals surface area contributed by atoms with Gasteiger partial charge in [-0.25, -0.2) is 13.2 Å². The number of urea groups is 1. The molecule has 0 bridgehead atoms. The fourth-order valence-corrected chi connectivity index (χ4v) is 4.62. The Labute approximate surface area is 187 Å². The third kappa shape index (κ3) is 3.71. The van der Waals surface area contributed by atoms with E-state index in [9.17, 15) is 26.4 Å². The molecule has 1 aliphatic heterocycles. The number of fused-ring (bicyclic) bond motifs is 1. The lowest BCUT2D eigenvalue weighted by atomic mass is 10.0. The average Bonchev–Trinajstić information content (AvgIpc) is 3.02. The molecule has 166 valence electrons. The summed E-state index contributed by atoms with van der Waals surface area (Å²) >= 11 is 5.32. The smallest absolute Gasteiger partial charge is 0.313 e. The number of nitrogens with zero attached hydrogens (tertiary/aromatic N) is 3. The van der Waals surface area contributed by atoms with Crippen LogP contribution in [0, 0.1) is 6.92 Å². The number of aromatic nitrogens is 1. The molecule has 32 heavy (non-hydrogen) atoms. The van der Waals surface area contributed by atoms with Crippen molar-refractivity contribution in [2.75, 3.05) is 11.4 Å². The molecule has 0 unspecified atom stereocenters. The minimum Gasteiger partial charge on any atom is -0.313 e. The van der Waals surface area contributed by atoms with Crippen molar-refractivity contribution in [3.8, 4) is 0 Å². The molecule has 4 rings (SSSR count). The summed E-state index contributed by atoms with van der Waals surface area (Å²) in [6, 6.07) is 11.1. The van der Waals surface area contributed by atoms with Gasteiger partial charge in [-0.2, -0.15) is 13.2 Å². The number of hydrogen-bond donors (Lipinski definition) is 0. The first-order valence-corrected chi connectivity index (χ1v) is 11.3. The number of carbonyl (C=O) groups excluding carboxylic acids is 1. The molecule has 0 atom stereocenters. The standard InChI is InChI=1S/C21H16F3N3O3S2/c1-13-14(10-25-18-5-3-2-4-17(13)18)11-26-12-19(31)27(20(26)28)15-6-8-16(9-7-15)32(29,30)21(22,23)24/h2-10H,11-12H2,1H3. The number of alkyl halides is 3. The molecule has 1 aromatic heterocycles. The van der Waals surface area contributed by atoms with Gasteiger partial charge in [-0.05, 0) is 48.4 Å². The highest BCUT2D eigenvalue weighted by molar-refractivity contribution is 7.92. The van der Waals surface area contributed by atoms with Gasteiger partial charge in [0.2, 0.25) is 0 Å². The van der Waals surface area contributed by atoms with Crippen molar-refractivity contribution in [3.63, 3.8) is 0 Å². The number of aryl methyl sites for hydroxylation is 1. The topological polar surface area (TPSA) is 70.6 Å². The summed E-state index contributed by atoms with van der Waals surface area (Å²) in [5.41, 5.74) is -2.55. The Morgan fingerprint density at radius 3 is 2.41 bits per heavy atom. The van der Waals surface area contributed by atoms with E-state index in [0.717, 1.165) is 46.3 Å². The fourth-order valence-electron chi connectivity index (χ4n) is 3.52. The Bertz CT molecular complexity index is 1340. The van der Waals surface area contributed by atoms with E-state index in [1.807, 2.05) is 31.2 Å². The highest BCUT2D eigenvalue weighted by atomic mass is 32.2. The van der Waals surface area contributed by atoms with Gasteiger partial charge in [-0.3, -0.25) is 9.88 Å². The first-order chi connectivity index (χ1) is 15.0. The SMILES string of the molecule is Cc1c(CN2CC(=S)N(c3ccc(S(=O)(=O)C(F)(F)F)cc3)C2=O)cnc2ccccc12. The van der Waals surface area contributed by atoms with E-state index in [-0.39, 0.29) is 23.8 Å². The van der Waals surface area contributed by atoms with E-state index in [4.69, 9.17) is 12.2 Å². The maximum absolute atomic E-state index is 13.0. The van der Waals surface area contributed by atoms with Gasteiger partial charge < -0.3 is 4.90 Å². The summed E-state index contributed by atoms with van der Waals surface area (Å²) in [5.74, 6) is 0. The molecule has 1 saturated heterocycles. The largest absolute Gasteiger partial charge is 0.501 e. The van der Waals surface area contributed by atoms with Gasteiger partial charge in [0.25, 0.3) is 9.84 Å². The van der Waals surface area contributed by atoms with Gasteiger partial charge in [-0.15, -0.1) is 0 Å². The van der Waals surface area contributed by atoms with E-state index in [1.54, 1.807) is 6.20 Å². The molecule has 0 saturated carbocycles. The lowest BCUT2D eigenvalue weighted by Crippen LogP contribution is -2.32. The molecule has 0 radical (unpaired) electrons. The van der Waals surface area contributed by atoms with Gasteiger partial charge in [0.15, 0.2) is 0 Å². The molecule has 0 spiro atoms. The first-order valence-electron chi connectivity index (χ1n) is 9.37. The number of hydrogen-bond acceptors (Lipinski definition) is 5. The monoisotopic (exact) mass is 479 g/mol. The minimum atomic E-state index is -5.47. The number of anilines is 1. The molecule has 3 aromatic rings. The van der Waals surface area contributed by atoms with Crippen molar-refractivity contribution in [1.82, 2.24) is 9.88 Å². The zero-order valence-corrected chi connectivity index (χ0v) is 18.3. The lowest BCUT2D eigenvalue weighted by Gasteiger charge is -2.19. The average molecular weight is 480 g/mol.